The molecule has 0 saturated carbocycles. The Bertz CT molecular complexity index is 1030. The summed E-state index contributed by atoms with van der Waals surface area (Å²) in [5, 5.41) is 24.1. The Hall–Kier alpha value is -1.93. The van der Waals surface area contributed by atoms with Crippen LogP contribution in [0.5, 0.6) is 0 Å². The van der Waals surface area contributed by atoms with Crippen molar-refractivity contribution in [3.05, 3.63) is 47.5 Å². The van der Waals surface area contributed by atoms with Crippen LogP contribution in [0.2, 0.25) is 13.1 Å². The van der Waals surface area contributed by atoms with E-state index in [1.54, 1.807) is 0 Å². The number of likely N-dealkylation sites (tertiary alicyclic amines) is 1. The van der Waals surface area contributed by atoms with Gasteiger partial charge in [0.15, 0.2) is 5.72 Å². The van der Waals surface area contributed by atoms with Crippen LogP contribution in [-0.2, 0) is 22.2 Å². The first-order chi connectivity index (χ1) is 15.7. The van der Waals surface area contributed by atoms with Gasteiger partial charge in [0.1, 0.15) is 5.60 Å². The van der Waals surface area contributed by atoms with E-state index >= 15 is 0 Å². The lowest BCUT2D eigenvalue weighted by molar-refractivity contribution is -0.136. The Kier molecular flexibility index (Phi) is 7.54. The van der Waals surface area contributed by atoms with Crippen molar-refractivity contribution in [2.75, 3.05) is 6.54 Å². The van der Waals surface area contributed by atoms with Gasteiger partial charge in [-0.05, 0) is 61.2 Å². The summed E-state index contributed by atoms with van der Waals surface area (Å²) in [6.45, 7) is 16.2. The molecular weight excluding hydrogens is 446 g/mol. The number of carbonyl (C=O) groups excluding carboxylic acids is 1. The highest BCUT2D eigenvalue weighted by atomic mass is 28.3. The zero-order valence-corrected chi connectivity index (χ0v) is 22.8. The highest BCUT2D eigenvalue weighted by Gasteiger charge is 2.59. The maximum atomic E-state index is 13.4. The SMILES string of the molecule is C[Si](C)OC1[C@H](C(C)(C)C)CN(C(=O)OC(C)(C)C)[C@]1(O)Cc1ccc(CO)c2ccccc12. The molecule has 6 nitrogen and oxygen atoms in total. The number of hydrogen-bond donors (Lipinski definition) is 2. The van der Waals surface area contributed by atoms with Crippen LogP contribution in [0.25, 0.3) is 10.8 Å². The maximum Gasteiger partial charge on any atom is 0.412 e. The summed E-state index contributed by atoms with van der Waals surface area (Å²) in [6.07, 6.45) is -0.891. The smallest absolute Gasteiger partial charge is 0.412 e. The molecule has 0 aliphatic carbocycles. The Balaban J connectivity index is 2.15. The van der Waals surface area contributed by atoms with E-state index in [9.17, 15) is 15.0 Å². The van der Waals surface area contributed by atoms with E-state index in [1.165, 1.54) is 4.90 Å². The van der Waals surface area contributed by atoms with Gasteiger partial charge in [0, 0.05) is 18.9 Å². The van der Waals surface area contributed by atoms with Gasteiger partial charge in [-0.3, -0.25) is 4.90 Å². The molecule has 1 radical (unpaired) electrons. The number of amides is 1. The molecule has 2 N–H and O–H groups in total. The Morgan fingerprint density at radius 2 is 1.62 bits per heavy atom. The van der Waals surface area contributed by atoms with E-state index in [1.807, 2.05) is 70.3 Å². The quantitative estimate of drug-likeness (QED) is 0.574. The molecule has 1 unspecified atom stereocenters. The number of ether oxygens (including phenoxy) is 1. The molecule has 1 saturated heterocycles. The van der Waals surface area contributed by atoms with E-state index in [0.29, 0.717) is 6.54 Å². The van der Waals surface area contributed by atoms with Gasteiger partial charge in [-0.25, -0.2) is 4.79 Å². The average molecular weight is 487 g/mol. The third-order valence-corrected chi connectivity index (χ3v) is 7.21. The van der Waals surface area contributed by atoms with Gasteiger partial charge in [0.05, 0.1) is 12.7 Å². The van der Waals surface area contributed by atoms with Crippen LogP contribution in [0, 0.1) is 11.3 Å². The fraction of sp³-hybridized carbons (Fsp3) is 0.593. The molecule has 0 bridgehead atoms. The lowest BCUT2D eigenvalue weighted by Crippen LogP contribution is -2.57. The number of aliphatic hydroxyl groups excluding tert-OH is 1. The molecule has 2 aromatic carbocycles. The van der Waals surface area contributed by atoms with Crippen LogP contribution in [-0.4, -0.2) is 54.2 Å². The second-order valence-electron chi connectivity index (χ2n) is 11.7. The standard InChI is InChI=1S/C27H40NO5Si/c1-25(2,3)22-16-28(24(30)32-26(4,5)6)27(31,23(22)33-34(7)8)15-18-13-14-19(17-29)21-12-10-9-11-20(18)21/h9-14,22-23,29,31H,15-17H2,1-8H3/t22-,23?,27+/m1/s1. The zero-order chi connectivity index (χ0) is 25.5. The third kappa shape index (κ3) is 5.48. The molecule has 0 spiro atoms. The first kappa shape index (κ1) is 26.7. The van der Waals surface area contributed by atoms with Crippen LogP contribution in [0.3, 0.4) is 0 Å². The van der Waals surface area contributed by atoms with E-state index in [-0.39, 0.29) is 24.4 Å². The second kappa shape index (κ2) is 9.61. The molecule has 1 aliphatic heterocycles. The predicted molar refractivity (Wildman–Crippen MR) is 137 cm³/mol. The van der Waals surface area contributed by atoms with Gasteiger partial charge in [-0.2, -0.15) is 0 Å². The number of hydrogen-bond acceptors (Lipinski definition) is 5. The van der Waals surface area contributed by atoms with Crippen LogP contribution in [0.1, 0.15) is 52.7 Å². The fourth-order valence-electron chi connectivity index (χ4n) is 4.83. The van der Waals surface area contributed by atoms with Crippen LogP contribution in [0.15, 0.2) is 36.4 Å². The van der Waals surface area contributed by atoms with Gasteiger partial charge >= 0.3 is 6.09 Å². The largest absolute Gasteiger partial charge is 0.444 e. The summed E-state index contributed by atoms with van der Waals surface area (Å²) in [6, 6.07) is 11.7. The van der Waals surface area contributed by atoms with Crippen molar-refractivity contribution in [1.29, 1.82) is 0 Å². The van der Waals surface area contributed by atoms with Crippen molar-refractivity contribution < 1.29 is 24.2 Å². The van der Waals surface area contributed by atoms with Crippen LogP contribution < -0.4 is 0 Å². The number of fused-ring (bicyclic) bond motifs is 1. The molecule has 0 aromatic heterocycles. The molecule has 3 rings (SSSR count). The Morgan fingerprint density at radius 3 is 2.12 bits per heavy atom. The van der Waals surface area contributed by atoms with E-state index in [2.05, 4.69) is 20.8 Å². The lowest BCUT2D eigenvalue weighted by atomic mass is 9.76. The van der Waals surface area contributed by atoms with Crippen molar-refractivity contribution in [1.82, 2.24) is 4.90 Å². The van der Waals surface area contributed by atoms with Gasteiger partial charge in [-0.1, -0.05) is 57.2 Å². The number of rotatable bonds is 5. The molecule has 1 aliphatic rings. The number of nitrogens with zero attached hydrogens (tertiary/aromatic N) is 1. The summed E-state index contributed by atoms with van der Waals surface area (Å²) < 4.78 is 12.2. The molecule has 1 amide bonds. The average Bonchev–Trinajstić information content (AvgIpc) is 2.99. The van der Waals surface area contributed by atoms with Gasteiger partial charge in [-0.15, -0.1) is 0 Å². The van der Waals surface area contributed by atoms with Crippen molar-refractivity contribution >= 4 is 25.9 Å². The minimum atomic E-state index is -1.58. The summed E-state index contributed by atoms with van der Waals surface area (Å²) in [7, 11) is -1.18. The van der Waals surface area contributed by atoms with Crippen molar-refractivity contribution in [2.24, 2.45) is 11.3 Å². The number of carbonyl (C=O) groups is 1. The minimum absolute atomic E-state index is 0.0651. The van der Waals surface area contributed by atoms with Crippen molar-refractivity contribution in [2.45, 2.75) is 85.1 Å². The topological polar surface area (TPSA) is 79.2 Å². The number of benzene rings is 2. The molecule has 34 heavy (non-hydrogen) atoms. The lowest BCUT2D eigenvalue weighted by Gasteiger charge is -2.40. The molecule has 187 valence electrons. The highest BCUT2D eigenvalue weighted by molar-refractivity contribution is 6.48. The first-order valence-electron chi connectivity index (χ1n) is 12.0. The van der Waals surface area contributed by atoms with E-state index in [4.69, 9.17) is 9.16 Å². The summed E-state index contributed by atoms with van der Waals surface area (Å²) >= 11 is 0. The van der Waals surface area contributed by atoms with E-state index in [0.717, 1.165) is 21.9 Å². The molecule has 2 aromatic rings. The summed E-state index contributed by atoms with van der Waals surface area (Å²) in [5.74, 6) is -0.0760. The zero-order valence-electron chi connectivity index (χ0n) is 21.8. The summed E-state index contributed by atoms with van der Waals surface area (Å²) in [4.78, 5) is 14.9. The molecular formula is C27H40NO5Si. The predicted octanol–water partition coefficient (Wildman–Crippen LogP) is 5.11. The third-order valence-electron chi connectivity index (χ3n) is 6.48. The number of aliphatic hydroxyl groups is 2. The van der Waals surface area contributed by atoms with Gasteiger partial charge in [0.25, 0.3) is 0 Å². The van der Waals surface area contributed by atoms with Gasteiger partial charge in [0.2, 0.25) is 9.04 Å². The van der Waals surface area contributed by atoms with E-state index < -0.39 is 32.6 Å². The van der Waals surface area contributed by atoms with Gasteiger partial charge < -0.3 is 19.4 Å². The Morgan fingerprint density at radius 1 is 1.06 bits per heavy atom. The molecule has 1 fully saturated rings. The van der Waals surface area contributed by atoms with Crippen LogP contribution >= 0.6 is 0 Å². The molecule has 3 atom stereocenters. The maximum absolute atomic E-state index is 13.4. The fourth-order valence-corrected chi connectivity index (χ4v) is 5.69. The summed E-state index contributed by atoms with van der Waals surface area (Å²) in [5.41, 5.74) is -0.738. The monoisotopic (exact) mass is 486 g/mol. The minimum Gasteiger partial charge on any atom is -0.444 e. The molecule has 7 heteroatoms. The van der Waals surface area contributed by atoms with Crippen LogP contribution in [0.4, 0.5) is 4.79 Å². The normalized spacial score (nSPS) is 23.7. The highest BCUT2D eigenvalue weighted by Crippen LogP contribution is 2.46. The first-order valence-corrected chi connectivity index (χ1v) is 14.4. The Labute approximate surface area is 205 Å². The van der Waals surface area contributed by atoms with Crippen molar-refractivity contribution in [3.63, 3.8) is 0 Å². The van der Waals surface area contributed by atoms with Crippen molar-refractivity contribution in [3.8, 4) is 0 Å². The second-order valence-corrected chi connectivity index (χ2v) is 13.7. The molecule has 1 heterocycles.